The average Bonchev–Trinajstić information content (AvgIpc) is 2.89. The molecule has 0 unspecified atom stereocenters. The normalized spacial score (nSPS) is 10.8. The standard InChI is InChI=1S/C16H14BrClN6O/c1-8-4-9(2)21-16(20-8)24-13(5-10(3)23-24)22-15(25)12-6-11(17)7-19-14(12)18/h4-7H,1-3H3,(H,22,25). The topological polar surface area (TPSA) is 85.6 Å². The zero-order valence-corrected chi connectivity index (χ0v) is 16.1. The fourth-order valence-electron chi connectivity index (χ4n) is 2.31. The lowest BCUT2D eigenvalue weighted by atomic mass is 10.2. The average molecular weight is 422 g/mol. The maximum atomic E-state index is 12.6. The summed E-state index contributed by atoms with van der Waals surface area (Å²) >= 11 is 9.30. The van der Waals surface area contributed by atoms with Crippen LogP contribution in [0.15, 0.2) is 28.9 Å². The second-order valence-corrected chi connectivity index (χ2v) is 6.75. The number of aryl methyl sites for hydroxylation is 3. The molecular weight excluding hydrogens is 408 g/mol. The Morgan fingerprint density at radius 1 is 1.12 bits per heavy atom. The lowest BCUT2D eigenvalue weighted by molar-refractivity contribution is 0.102. The third kappa shape index (κ3) is 3.85. The zero-order valence-electron chi connectivity index (χ0n) is 13.7. The van der Waals surface area contributed by atoms with E-state index < -0.39 is 5.91 Å². The van der Waals surface area contributed by atoms with E-state index in [-0.39, 0.29) is 10.7 Å². The van der Waals surface area contributed by atoms with E-state index in [1.807, 2.05) is 26.8 Å². The van der Waals surface area contributed by atoms with Gasteiger partial charge in [0.2, 0.25) is 0 Å². The quantitative estimate of drug-likeness (QED) is 0.652. The maximum Gasteiger partial charge on any atom is 0.259 e. The van der Waals surface area contributed by atoms with E-state index in [2.05, 4.69) is 41.3 Å². The van der Waals surface area contributed by atoms with Crippen molar-refractivity contribution in [2.24, 2.45) is 0 Å². The molecule has 0 spiro atoms. The SMILES string of the molecule is Cc1cc(C)nc(-n2nc(C)cc2NC(=O)c2cc(Br)cnc2Cl)n1. The van der Waals surface area contributed by atoms with E-state index in [1.54, 1.807) is 12.1 Å². The van der Waals surface area contributed by atoms with Crippen LogP contribution in [-0.2, 0) is 0 Å². The molecule has 0 aliphatic carbocycles. The molecule has 0 saturated heterocycles. The van der Waals surface area contributed by atoms with E-state index in [0.29, 0.717) is 16.2 Å². The predicted octanol–water partition coefficient (Wildman–Crippen LogP) is 3.65. The molecule has 0 aromatic carbocycles. The summed E-state index contributed by atoms with van der Waals surface area (Å²) < 4.78 is 2.15. The molecule has 1 amide bonds. The predicted molar refractivity (Wildman–Crippen MR) is 98.3 cm³/mol. The van der Waals surface area contributed by atoms with Gasteiger partial charge >= 0.3 is 0 Å². The maximum absolute atomic E-state index is 12.6. The number of hydrogen-bond donors (Lipinski definition) is 1. The Bertz CT molecular complexity index is 951. The van der Waals surface area contributed by atoms with Crippen molar-refractivity contribution >= 4 is 39.3 Å². The number of rotatable bonds is 3. The molecule has 3 rings (SSSR count). The second-order valence-electron chi connectivity index (χ2n) is 5.48. The Hall–Kier alpha value is -2.32. The zero-order chi connectivity index (χ0) is 18.1. The Balaban J connectivity index is 1.99. The lowest BCUT2D eigenvalue weighted by Crippen LogP contribution is -2.17. The van der Waals surface area contributed by atoms with Gasteiger partial charge in [-0.25, -0.2) is 15.0 Å². The third-order valence-electron chi connectivity index (χ3n) is 3.28. The summed E-state index contributed by atoms with van der Waals surface area (Å²) in [6.45, 7) is 5.57. The van der Waals surface area contributed by atoms with E-state index in [9.17, 15) is 4.79 Å². The first-order chi connectivity index (χ1) is 11.8. The van der Waals surface area contributed by atoms with Gasteiger partial charge in [0.1, 0.15) is 11.0 Å². The van der Waals surface area contributed by atoms with Gasteiger partial charge < -0.3 is 5.32 Å². The highest BCUT2D eigenvalue weighted by Gasteiger charge is 2.17. The number of nitrogens with zero attached hydrogens (tertiary/aromatic N) is 5. The molecule has 3 aromatic heterocycles. The minimum absolute atomic E-state index is 0.117. The number of amides is 1. The Morgan fingerprint density at radius 2 is 1.80 bits per heavy atom. The van der Waals surface area contributed by atoms with E-state index in [0.717, 1.165) is 17.1 Å². The molecule has 0 aliphatic heterocycles. The van der Waals surface area contributed by atoms with Crippen LogP contribution in [-0.4, -0.2) is 30.6 Å². The number of pyridine rings is 1. The molecule has 0 fully saturated rings. The summed E-state index contributed by atoms with van der Waals surface area (Å²) in [6.07, 6.45) is 1.52. The van der Waals surface area contributed by atoms with Gasteiger partial charge in [0, 0.05) is 28.1 Å². The van der Waals surface area contributed by atoms with Gasteiger partial charge in [0.25, 0.3) is 11.9 Å². The first kappa shape index (κ1) is 17.5. The van der Waals surface area contributed by atoms with E-state index >= 15 is 0 Å². The third-order valence-corrected chi connectivity index (χ3v) is 4.02. The summed E-state index contributed by atoms with van der Waals surface area (Å²) in [7, 11) is 0. The van der Waals surface area contributed by atoms with Crippen molar-refractivity contribution in [3.8, 4) is 5.95 Å². The highest BCUT2D eigenvalue weighted by molar-refractivity contribution is 9.10. The number of carbonyl (C=O) groups is 1. The molecule has 1 N–H and O–H groups in total. The van der Waals surface area contributed by atoms with Crippen molar-refractivity contribution in [2.45, 2.75) is 20.8 Å². The van der Waals surface area contributed by atoms with Gasteiger partial charge in [0.15, 0.2) is 0 Å². The molecule has 0 aliphatic rings. The minimum Gasteiger partial charge on any atom is -0.306 e. The summed E-state index contributed by atoms with van der Waals surface area (Å²) in [5.74, 6) is 0.437. The van der Waals surface area contributed by atoms with Gasteiger partial charge in [0.05, 0.1) is 11.3 Å². The van der Waals surface area contributed by atoms with Crippen molar-refractivity contribution in [3.63, 3.8) is 0 Å². The number of carbonyl (C=O) groups excluding carboxylic acids is 1. The summed E-state index contributed by atoms with van der Waals surface area (Å²) in [5.41, 5.74) is 2.60. The van der Waals surface area contributed by atoms with Gasteiger partial charge in [-0.2, -0.15) is 9.78 Å². The van der Waals surface area contributed by atoms with E-state index in [4.69, 9.17) is 11.6 Å². The summed E-state index contributed by atoms with van der Waals surface area (Å²) in [4.78, 5) is 25.3. The molecular formula is C16H14BrClN6O. The molecule has 0 atom stereocenters. The highest BCUT2D eigenvalue weighted by Crippen LogP contribution is 2.21. The van der Waals surface area contributed by atoms with Gasteiger partial charge in [-0.3, -0.25) is 4.79 Å². The fourth-order valence-corrected chi connectivity index (χ4v) is 2.83. The number of hydrogen-bond acceptors (Lipinski definition) is 5. The molecule has 7 nitrogen and oxygen atoms in total. The fraction of sp³-hybridized carbons (Fsp3) is 0.188. The molecule has 0 radical (unpaired) electrons. The molecule has 128 valence electrons. The molecule has 9 heteroatoms. The monoisotopic (exact) mass is 420 g/mol. The Morgan fingerprint density at radius 3 is 2.48 bits per heavy atom. The van der Waals surface area contributed by atoms with Crippen molar-refractivity contribution < 1.29 is 4.79 Å². The Labute approximate surface area is 157 Å². The van der Waals surface area contributed by atoms with Crippen LogP contribution in [0.4, 0.5) is 5.82 Å². The molecule has 0 saturated carbocycles. The van der Waals surface area contributed by atoms with Crippen molar-refractivity contribution in [1.82, 2.24) is 24.7 Å². The van der Waals surface area contributed by atoms with Gasteiger partial charge in [-0.15, -0.1) is 0 Å². The van der Waals surface area contributed by atoms with Crippen LogP contribution < -0.4 is 5.32 Å². The summed E-state index contributed by atoms with van der Waals surface area (Å²) in [6, 6.07) is 5.20. The number of nitrogens with one attached hydrogen (secondary N) is 1. The van der Waals surface area contributed by atoms with Crippen LogP contribution in [0, 0.1) is 20.8 Å². The van der Waals surface area contributed by atoms with Crippen LogP contribution in [0.1, 0.15) is 27.4 Å². The van der Waals surface area contributed by atoms with Crippen LogP contribution in [0.3, 0.4) is 0 Å². The number of halogens is 2. The summed E-state index contributed by atoms with van der Waals surface area (Å²) in [5, 5.41) is 7.28. The van der Waals surface area contributed by atoms with Gasteiger partial charge in [-0.05, 0) is 48.8 Å². The van der Waals surface area contributed by atoms with E-state index in [1.165, 1.54) is 10.9 Å². The number of anilines is 1. The van der Waals surface area contributed by atoms with Crippen LogP contribution in [0.2, 0.25) is 5.15 Å². The van der Waals surface area contributed by atoms with Gasteiger partial charge in [-0.1, -0.05) is 11.6 Å². The molecule has 3 heterocycles. The molecule has 25 heavy (non-hydrogen) atoms. The van der Waals surface area contributed by atoms with Crippen LogP contribution >= 0.6 is 27.5 Å². The smallest absolute Gasteiger partial charge is 0.259 e. The van der Waals surface area contributed by atoms with Crippen LogP contribution in [0.5, 0.6) is 0 Å². The Kier molecular flexibility index (Phi) is 4.82. The lowest BCUT2D eigenvalue weighted by Gasteiger charge is -2.09. The van der Waals surface area contributed by atoms with Crippen LogP contribution in [0.25, 0.3) is 5.95 Å². The van der Waals surface area contributed by atoms with Crippen molar-refractivity contribution in [3.05, 3.63) is 56.7 Å². The van der Waals surface area contributed by atoms with Crippen molar-refractivity contribution in [2.75, 3.05) is 5.32 Å². The first-order valence-corrected chi connectivity index (χ1v) is 8.52. The second kappa shape index (κ2) is 6.89. The first-order valence-electron chi connectivity index (χ1n) is 7.35. The highest BCUT2D eigenvalue weighted by atomic mass is 79.9. The minimum atomic E-state index is -0.399. The largest absolute Gasteiger partial charge is 0.306 e. The molecule has 3 aromatic rings. The van der Waals surface area contributed by atoms with Crippen molar-refractivity contribution in [1.29, 1.82) is 0 Å². The molecule has 0 bridgehead atoms. The number of aromatic nitrogens is 5.